The van der Waals surface area contributed by atoms with Crippen LogP contribution in [0.25, 0.3) is 16.3 Å². The molecule has 1 heterocycles. The van der Waals surface area contributed by atoms with Crippen LogP contribution in [-0.2, 0) is 4.79 Å². The summed E-state index contributed by atoms with van der Waals surface area (Å²) in [6.45, 7) is 4.14. The Balaban J connectivity index is 1.85. The second-order valence-corrected chi connectivity index (χ2v) is 10.4. The summed E-state index contributed by atoms with van der Waals surface area (Å²) in [4.78, 5) is 25.2. The number of nitrogens with zero attached hydrogens (tertiary/aromatic N) is 1. The zero-order chi connectivity index (χ0) is 24.4. The molecule has 0 radical (unpaired) electrons. The van der Waals surface area contributed by atoms with Gasteiger partial charge in [-0.1, -0.05) is 44.2 Å². The van der Waals surface area contributed by atoms with Gasteiger partial charge < -0.3 is 15.2 Å². The predicted molar refractivity (Wildman–Crippen MR) is 134 cm³/mol. The van der Waals surface area contributed by atoms with E-state index < -0.39 is 11.0 Å². The van der Waals surface area contributed by atoms with Gasteiger partial charge in [-0.05, 0) is 56.2 Å². The Morgan fingerprint density at radius 3 is 2.65 bits per heavy atom. The Bertz CT molecular complexity index is 1430. The molecule has 1 atom stereocenters. The number of halogens is 1. The maximum absolute atomic E-state index is 13.6. The van der Waals surface area contributed by atoms with Crippen LogP contribution in [0.3, 0.4) is 0 Å². The number of phenolic OH excluding ortho intramolecular Hbond substituents is 1. The number of aromatic hydroxyl groups is 1. The average molecular weight is 523 g/mol. The molecule has 174 valence electrons. The number of benzene rings is 3. The van der Waals surface area contributed by atoms with E-state index in [9.17, 15) is 20.0 Å². The fourth-order valence-electron chi connectivity index (χ4n) is 5.30. The van der Waals surface area contributed by atoms with Gasteiger partial charge in [-0.3, -0.25) is 14.9 Å². The number of Topliss-reactive ketones (excluding diaryl/α,β-unsaturated/α-hetero) is 1. The number of allylic oxidation sites excluding steroid dienone is 1. The van der Waals surface area contributed by atoms with Crippen molar-refractivity contribution in [1.29, 1.82) is 0 Å². The molecule has 3 aromatic carbocycles. The molecule has 3 aromatic rings. The van der Waals surface area contributed by atoms with E-state index in [1.54, 1.807) is 0 Å². The van der Waals surface area contributed by atoms with Gasteiger partial charge in [0.25, 0.3) is 0 Å². The maximum Gasteiger partial charge on any atom is 0.320 e. The molecular formula is C26H23BrN2O5. The average Bonchev–Trinajstić information content (AvgIpc) is 2.78. The number of carbonyl (C=O) groups excluding carboxylic acids is 1. The van der Waals surface area contributed by atoms with Crippen LogP contribution in [0.5, 0.6) is 11.5 Å². The number of methoxy groups -OCH3 is 1. The fourth-order valence-corrected chi connectivity index (χ4v) is 5.72. The van der Waals surface area contributed by atoms with Gasteiger partial charge in [-0.2, -0.15) is 0 Å². The van der Waals surface area contributed by atoms with Gasteiger partial charge in [-0.15, -0.1) is 0 Å². The standard InChI is InChI=1S/C26H23BrN2O5/c1-26(2)11-16-20-14-7-5-4-6-13(14)8-9-18(20)28-22(21(16)19(30)12-26)15-10-17(27)24(31)25(34-3)23(15)29(32)33/h4-10,22,28,31H,11-12H2,1-3H3/t22-/m0/s1. The molecular weight excluding hydrogens is 500 g/mol. The van der Waals surface area contributed by atoms with Crippen LogP contribution in [0.2, 0.25) is 0 Å². The number of hydrogen-bond donors (Lipinski definition) is 2. The number of nitro groups is 1. The monoisotopic (exact) mass is 522 g/mol. The smallest absolute Gasteiger partial charge is 0.320 e. The molecule has 0 saturated carbocycles. The first-order valence-electron chi connectivity index (χ1n) is 10.9. The molecule has 0 unspecified atom stereocenters. The molecule has 0 fully saturated rings. The third-order valence-corrected chi connectivity index (χ3v) is 7.25. The number of nitrogens with one attached hydrogen (secondary N) is 1. The van der Waals surface area contributed by atoms with E-state index in [4.69, 9.17) is 4.74 Å². The largest absolute Gasteiger partial charge is 0.503 e. The summed E-state index contributed by atoms with van der Waals surface area (Å²) in [7, 11) is 1.27. The van der Waals surface area contributed by atoms with E-state index in [2.05, 4.69) is 35.1 Å². The topological polar surface area (TPSA) is 102 Å². The van der Waals surface area contributed by atoms with Crippen LogP contribution in [-0.4, -0.2) is 22.9 Å². The molecule has 1 aliphatic carbocycles. The molecule has 2 N–H and O–H groups in total. The van der Waals surface area contributed by atoms with Crippen LogP contribution in [0.15, 0.2) is 52.5 Å². The third-order valence-electron chi connectivity index (χ3n) is 6.65. The Labute approximate surface area is 204 Å². The molecule has 0 bridgehead atoms. The van der Waals surface area contributed by atoms with Gasteiger partial charge in [0, 0.05) is 23.2 Å². The molecule has 2 aliphatic rings. The van der Waals surface area contributed by atoms with E-state index in [1.165, 1.54) is 13.2 Å². The first-order valence-corrected chi connectivity index (χ1v) is 11.7. The number of nitro benzene ring substituents is 1. The highest BCUT2D eigenvalue weighted by Crippen LogP contribution is 2.55. The van der Waals surface area contributed by atoms with Crippen LogP contribution < -0.4 is 10.1 Å². The number of rotatable bonds is 3. The molecule has 7 nitrogen and oxygen atoms in total. The molecule has 0 saturated heterocycles. The van der Waals surface area contributed by atoms with Crippen LogP contribution in [0.4, 0.5) is 11.4 Å². The second-order valence-electron chi connectivity index (χ2n) is 9.55. The lowest BCUT2D eigenvalue weighted by atomic mass is 9.67. The predicted octanol–water partition coefficient (Wildman–Crippen LogP) is 6.53. The van der Waals surface area contributed by atoms with Crippen molar-refractivity contribution < 1.29 is 19.6 Å². The Kier molecular flexibility index (Phi) is 5.16. The van der Waals surface area contributed by atoms with Crippen molar-refractivity contribution in [1.82, 2.24) is 0 Å². The number of ketones is 1. The van der Waals surface area contributed by atoms with Crippen molar-refractivity contribution in [2.24, 2.45) is 5.41 Å². The summed E-state index contributed by atoms with van der Waals surface area (Å²) in [5.41, 5.74) is 2.87. The lowest BCUT2D eigenvalue weighted by Crippen LogP contribution is -2.33. The summed E-state index contributed by atoms with van der Waals surface area (Å²) >= 11 is 3.29. The van der Waals surface area contributed by atoms with Gasteiger partial charge >= 0.3 is 5.69 Å². The number of phenols is 1. The van der Waals surface area contributed by atoms with E-state index in [0.29, 0.717) is 18.4 Å². The molecule has 0 amide bonds. The number of anilines is 1. The van der Waals surface area contributed by atoms with Crippen LogP contribution in [0, 0.1) is 15.5 Å². The minimum Gasteiger partial charge on any atom is -0.503 e. The van der Waals surface area contributed by atoms with E-state index >= 15 is 0 Å². The van der Waals surface area contributed by atoms with Gasteiger partial charge in [0.2, 0.25) is 5.75 Å². The summed E-state index contributed by atoms with van der Waals surface area (Å²) in [5, 5.41) is 28.1. The highest BCUT2D eigenvalue weighted by atomic mass is 79.9. The molecule has 0 aromatic heterocycles. The van der Waals surface area contributed by atoms with E-state index in [0.717, 1.165) is 27.6 Å². The number of carbonyl (C=O) groups is 1. The van der Waals surface area contributed by atoms with Crippen molar-refractivity contribution in [2.45, 2.75) is 32.7 Å². The molecule has 0 spiro atoms. The summed E-state index contributed by atoms with van der Waals surface area (Å²) in [5.74, 6) is -0.642. The highest BCUT2D eigenvalue weighted by molar-refractivity contribution is 9.10. The van der Waals surface area contributed by atoms with Crippen molar-refractivity contribution in [3.8, 4) is 11.5 Å². The number of ether oxygens (including phenoxy) is 1. The third kappa shape index (κ3) is 3.36. The Morgan fingerprint density at radius 1 is 1.21 bits per heavy atom. The SMILES string of the molecule is COc1c(O)c(Br)cc([C@@H]2Nc3ccc4ccccc4c3C3=C2C(=O)CC(C)(C)C3)c1[N+](=O)[O-]. The van der Waals surface area contributed by atoms with Crippen molar-refractivity contribution in [2.75, 3.05) is 12.4 Å². The minimum atomic E-state index is -0.765. The van der Waals surface area contributed by atoms with Crippen LogP contribution >= 0.6 is 15.9 Å². The maximum atomic E-state index is 13.6. The zero-order valence-corrected chi connectivity index (χ0v) is 20.5. The highest BCUT2D eigenvalue weighted by Gasteiger charge is 2.43. The van der Waals surface area contributed by atoms with Gasteiger partial charge in [0.05, 0.1) is 28.1 Å². The second kappa shape index (κ2) is 7.84. The Hall–Kier alpha value is -3.39. The molecule has 5 rings (SSSR count). The van der Waals surface area contributed by atoms with Gasteiger partial charge in [0.1, 0.15) is 0 Å². The summed E-state index contributed by atoms with van der Waals surface area (Å²) in [6.07, 6.45) is 1.01. The van der Waals surface area contributed by atoms with E-state index in [-0.39, 0.29) is 38.4 Å². The Morgan fingerprint density at radius 2 is 1.94 bits per heavy atom. The molecule has 34 heavy (non-hydrogen) atoms. The fraction of sp³-hybridized carbons (Fsp3) is 0.269. The van der Waals surface area contributed by atoms with Crippen LogP contribution in [0.1, 0.15) is 43.9 Å². The van der Waals surface area contributed by atoms with Crippen molar-refractivity contribution in [3.05, 3.63) is 73.8 Å². The first kappa shape index (κ1) is 22.4. The minimum absolute atomic E-state index is 0.0419. The molecule has 1 aliphatic heterocycles. The van der Waals surface area contributed by atoms with Crippen molar-refractivity contribution in [3.63, 3.8) is 0 Å². The van der Waals surface area contributed by atoms with Crippen molar-refractivity contribution >= 4 is 49.4 Å². The lowest BCUT2D eigenvalue weighted by molar-refractivity contribution is -0.386. The quantitative estimate of drug-likeness (QED) is 0.299. The molecule has 8 heteroatoms. The number of fused-ring (bicyclic) bond motifs is 4. The summed E-state index contributed by atoms with van der Waals surface area (Å²) < 4.78 is 5.47. The zero-order valence-electron chi connectivity index (χ0n) is 18.9. The first-order chi connectivity index (χ1) is 16.1. The van der Waals surface area contributed by atoms with Gasteiger partial charge in [0.15, 0.2) is 11.5 Å². The normalized spacial score (nSPS) is 18.8. The summed E-state index contributed by atoms with van der Waals surface area (Å²) in [6, 6.07) is 12.7. The number of hydrogen-bond acceptors (Lipinski definition) is 6. The van der Waals surface area contributed by atoms with Gasteiger partial charge in [-0.25, -0.2) is 0 Å². The van der Waals surface area contributed by atoms with E-state index in [1.807, 2.05) is 36.4 Å². The lowest BCUT2D eigenvalue weighted by Gasteiger charge is -2.40.